The van der Waals surface area contributed by atoms with Crippen molar-refractivity contribution in [2.24, 2.45) is 5.10 Å². The number of nitrogens with one attached hydrogen (secondary N) is 1. The molecular formula is C15H12BrN3O3. The summed E-state index contributed by atoms with van der Waals surface area (Å²) >= 11 is 3.29. The minimum Gasteiger partial charge on any atom is -0.267 e. The average Bonchev–Trinajstić information content (AvgIpc) is 2.52. The second-order valence-electron chi connectivity index (χ2n) is 4.43. The maximum atomic E-state index is 12.0. The van der Waals surface area contributed by atoms with Gasteiger partial charge in [0.15, 0.2) is 0 Å². The van der Waals surface area contributed by atoms with Crippen molar-refractivity contribution in [2.45, 2.75) is 6.92 Å². The molecule has 0 aliphatic carbocycles. The van der Waals surface area contributed by atoms with Crippen molar-refractivity contribution >= 4 is 33.2 Å². The normalized spacial score (nSPS) is 11.1. The summed E-state index contributed by atoms with van der Waals surface area (Å²) < 4.78 is 0.663. The molecule has 2 aromatic rings. The molecule has 7 heteroatoms. The predicted octanol–water partition coefficient (Wildman–Crippen LogP) is 3.51. The van der Waals surface area contributed by atoms with Crippen LogP contribution in [0.25, 0.3) is 0 Å². The third kappa shape index (κ3) is 3.76. The molecular weight excluding hydrogens is 350 g/mol. The minimum atomic E-state index is -0.476. The van der Waals surface area contributed by atoms with Gasteiger partial charge in [-0.1, -0.05) is 24.3 Å². The van der Waals surface area contributed by atoms with Crippen LogP contribution >= 0.6 is 15.9 Å². The summed E-state index contributed by atoms with van der Waals surface area (Å²) in [5.74, 6) is -0.364. The van der Waals surface area contributed by atoms with Gasteiger partial charge >= 0.3 is 0 Å². The van der Waals surface area contributed by atoms with Crippen LogP contribution in [0.1, 0.15) is 22.8 Å². The molecule has 0 aliphatic rings. The Morgan fingerprint density at radius 1 is 1.23 bits per heavy atom. The van der Waals surface area contributed by atoms with Crippen LogP contribution in [0, 0.1) is 10.1 Å². The fourth-order valence-electron chi connectivity index (χ4n) is 1.75. The smallest absolute Gasteiger partial charge is 0.267 e. The lowest BCUT2D eigenvalue weighted by molar-refractivity contribution is -0.384. The first-order chi connectivity index (χ1) is 10.5. The summed E-state index contributed by atoms with van der Waals surface area (Å²) in [5.41, 5.74) is 3.92. The van der Waals surface area contributed by atoms with E-state index in [0.29, 0.717) is 21.3 Å². The second kappa shape index (κ2) is 6.95. The Hall–Kier alpha value is -2.54. The number of nitrogens with zero attached hydrogens (tertiary/aromatic N) is 2. The highest BCUT2D eigenvalue weighted by Gasteiger charge is 2.10. The summed E-state index contributed by atoms with van der Waals surface area (Å²) in [6.07, 6.45) is 0. The first-order valence-corrected chi connectivity index (χ1v) is 7.12. The third-order valence-electron chi connectivity index (χ3n) is 2.92. The number of nitro groups is 1. The van der Waals surface area contributed by atoms with Gasteiger partial charge in [-0.25, -0.2) is 5.43 Å². The molecule has 0 radical (unpaired) electrons. The zero-order chi connectivity index (χ0) is 16.1. The Bertz CT molecular complexity index is 759. The van der Waals surface area contributed by atoms with E-state index in [9.17, 15) is 14.9 Å². The van der Waals surface area contributed by atoms with Gasteiger partial charge in [0.1, 0.15) is 0 Å². The van der Waals surface area contributed by atoms with Gasteiger partial charge in [-0.2, -0.15) is 5.10 Å². The van der Waals surface area contributed by atoms with Crippen molar-refractivity contribution in [1.82, 2.24) is 5.43 Å². The van der Waals surface area contributed by atoms with Crippen LogP contribution in [0.4, 0.5) is 5.69 Å². The number of nitro benzene ring substituents is 1. The van der Waals surface area contributed by atoms with Gasteiger partial charge in [0.25, 0.3) is 11.6 Å². The molecule has 0 spiro atoms. The molecule has 1 amide bonds. The Balaban J connectivity index is 2.16. The molecule has 0 saturated heterocycles. The molecule has 0 heterocycles. The van der Waals surface area contributed by atoms with E-state index in [2.05, 4.69) is 26.5 Å². The van der Waals surface area contributed by atoms with E-state index in [0.717, 1.165) is 0 Å². The quantitative estimate of drug-likeness (QED) is 0.513. The van der Waals surface area contributed by atoms with Crippen LogP contribution in [0.3, 0.4) is 0 Å². The summed E-state index contributed by atoms with van der Waals surface area (Å²) in [4.78, 5) is 22.3. The monoisotopic (exact) mass is 361 g/mol. The number of benzene rings is 2. The topological polar surface area (TPSA) is 84.6 Å². The van der Waals surface area contributed by atoms with Crippen LogP contribution < -0.4 is 5.43 Å². The van der Waals surface area contributed by atoms with Crippen LogP contribution in [0.15, 0.2) is 58.1 Å². The molecule has 1 N–H and O–H groups in total. The molecule has 0 unspecified atom stereocenters. The van der Waals surface area contributed by atoms with E-state index in [1.54, 1.807) is 43.3 Å². The van der Waals surface area contributed by atoms with Gasteiger partial charge in [-0.3, -0.25) is 14.9 Å². The molecule has 6 nitrogen and oxygen atoms in total. The third-order valence-corrected chi connectivity index (χ3v) is 3.61. The number of hydrogen-bond acceptors (Lipinski definition) is 4. The molecule has 0 aromatic heterocycles. The summed E-state index contributed by atoms with van der Waals surface area (Å²) in [5, 5.41) is 14.7. The van der Waals surface area contributed by atoms with Crippen LogP contribution in [0.5, 0.6) is 0 Å². The Morgan fingerprint density at radius 2 is 1.95 bits per heavy atom. The molecule has 0 bridgehead atoms. The average molecular weight is 362 g/mol. The van der Waals surface area contributed by atoms with Crippen molar-refractivity contribution in [1.29, 1.82) is 0 Å². The van der Waals surface area contributed by atoms with Crippen molar-refractivity contribution in [2.75, 3.05) is 0 Å². The number of carbonyl (C=O) groups excluding carboxylic acids is 1. The lowest BCUT2D eigenvalue weighted by atomic mass is 10.1. The van der Waals surface area contributed by atoms with E-state index in [1.165, 1.54) is 12.1 Å². The minimum absolute atomic E-state index is 0.0239. The Kier molecular flexibility index (Phi) is 5.00. The summed E-state index contributed by atoms with van der Waals surface area (Å²) in [7, 11) is 0. The first-order valence-electron chi connectivity index (χ1n) is 6.33. The van der Waals surface area contributed by atoms with Crippen molar-refractivity contribution < 1.29 is 9.72 Å². The van der Waals surface area contributed by atoms with E-state index in [1.807, 2.05) is 0 Å². The van der Waals surface area contributed by atoms with Crippen molar-refractivity contribution in [3.05, 3.63) is 74.2 Å². The molecule has 0 atom stereocenters. The zero-order valence-electron chi connectivity index (χ0n) is 11.6. The molecule has 22 heavy (non-hydrogen) atoms. The number of carbonyl (C=O) groups is 1. The second-order valence-corrected chi connectivity index (χ2v) is 5.28. The summed E-state index contributed by atoms with van der Waals surface area (Å²) in [6, 6.07) is 13.0. The van der Waals surface area contributed by atoms with E-state index in [4.69, 9.17) is 0 Å². The van der Waals surface area contributed by atoms with Gasteiger partial charge in [0, 0.05) is 22.2 Å². The lowest BCUT2D eigenvalue weighted by Gasteiger charge is -2.04. The number of halogens is 1. The maximum absolute atomic E-state index is 12.0. The molecule has 112 valence electrons. The van der Waals surface area contributed by atoms with Gasteiger partial charge in [0.2, 0.25) is 0 Å². The Labute approximate surface area is 135 Å². The van der Waals surface area contributed by atoms with Crippen LogP contribution in [-0.2, 0) is 0 Å². The number of hydrazone groups is 1. The fraction of sp³-hybridized carbons (Fsp3) is 0.0667. The number of rotatable bonds is 4. The van der Waals surface area contributed by atoms with E-state index < -0.39 is 4.92 Å². The molecule has 2 aromatic carbocycles. The van der Waals surface area contributed by atoms with Gasteiger partial charge in [-0.15, -0.1) is 0 Å². The zero-order valence-corrected chi connectivity index (χ0v) is 13.2. The van der Waals surface area contributed by atoms with E-state index >= 15 is 0 Å². The highest BCUT2D eigenvalue weighted by Crippen LogP contribution is 2.16. The number of hydrogen-bond donors (Lipinski definition) is 1. The fourth-order valence-corrected chi connectivity index (χ4v) is 2.21. The predicted molar refractivity (Wildman–Crippen MR) is 86.9 cm³/mol. The van der Waals surface area contributed by atoms with Crippen LogP contribution in [-0.4, -0.2) is 16.5 Å². The molecule has 0 saturated carbocycles. The highest BCUT2D eigenvalue weighted by molar-refractivity contribution is 9.10. The number of non-ortho nitro benzene ring substituents is 1. The largest absolute Gasteiger partial charge is 0.272 e. The SMILES string of the molecule is CC(=NNC(=O)c1ccccc1Br)c1cccc([N+](=O)[O-])c1. The highest BCUT2D eigenvalue weighted by atomic mass is 79.9. The van der Waals surface area contributed by atoms with Gasteiger partial charge in [0.05, 0.1) is 16.2 Å². The number of amides is 1. The Morgan fingerprint density at radius 3 is 2.64 bits per heavy atom. The standard InChI is InChI=1S/C15H12BrN3O3/c1-10(11-5-4-6-12(9-11)19(21)22)17-18-15(20)13-7-2-3-8-14(13)16/h2-9H,1H3,(H,18,20). The maximum Gasteiger partial charge on any atom is 0.272 e. The van der Waals surface area contributed by atoms with Crippen LogP contribution in [0.2, 0.25) is 0 Å². The first kappa shape index (κ1) is 15.8. The lowest BCUT2D eigenvalue weighted by Crippen LogP contribution is -2.19. The summed E-state index contributed by atoms with van der Waals surface area (Å²) in [6.45, 7) is 1.67. The van der Waals surface area contributed by atoms with Gasteiger partial charge < -0.3 is 0 Å². The molecule has 2 rings (SSSR count). The molecule has 0 fully saturated rings. The van der Waals surface area contributed by atoms with Crippen molar-refractivity contribution in [3.63, 3.8) is 0 Å². The van der Waals surface area contributed by atoms with Crippen molar-refractivity contribution in [3.8, 4) is 0 Å². The van der Waals surface area contributed by atoms with Gasteiger partial charge in [-0.05, 0) is 35.0 Å². The van der Waals surface area contributed by atoms with E-state index in [-0.39, 0.29) is 11.6 Å². The molecule has 0 aliphatic heterocycles.